The molecule has 3 aromatic rings. The van der Waals surface area contributed by atoms with Crippen LogP contribution in [0.25, 0.3) is 6.08 Å². The van der Waals surface area contributed by atoms with Gasteiger partial charge in [-0.15, -0.1) is 11.3 Å². The molecule has 0 radical (unpaired) electrons. The standard InChI is InChI=1S/C19H15NO3S/c21-18(11-8-15-7-4-12-23-15)20-13-16-9-10-17(24-16)19(22)14-5-2-1-3-6-14/h1-12H,13H2,(H,20,21)/b11-8+. The Balaban J connectivity index is 1.56. The first-order valence-corrected chi connectivity index (χ1v) is 8.22. The average molecular weight is 337 g/mol. The zero-order valence-corrected chi connectivity index (χ0v) is 13.6. The van der Waals surface area contributed by atoms with E-state index in [1.165, 1.54) is 17.4 Å². The highest BCUT2D eigenvalue weighted by Gasteiger charge is 2.11. The molecule has 1 N–H and O–H groups in total. The molecule has 1 amide bonds. The van der Waals surface area contributed by atoms with Crippen LogP contribution in [0, 0.1) is 0 Å². The predicted octanol–water partition coefficient (Wildman–Crippen LogP) is 3.90. The fraction of sp³-hybridized carbons (Fsp3) is 0.0526. The van der Waals surface area contributed by atoms with Crippen LogP contribution in [0.5, 0.6) is 0 Å². The number of nitrogens with one attached hydrogen (secondary N) is 1. The average Bonchev–Trinajstić information content (AvgIpc) is 3.30. The molecule has 0 aliphatic rings. The van der Waals surface area contributed by atoms with Gasteiger partial charge in [-0.05, 0) is 30.3 Å². The summed E-state index contributed by atoms with van der Waals surface area (Å²) in [7, 11) is 0. The summed E-state index contributed by atoms with van der Waals surface area (Å²) in [4.78, 5) is 25.7. The molecule has 0 fully saturated rings. The number of amides is 1. The quantitative estimate of drug-likeness (QED) is 0.548. The first-order chi connectivity index (χ1) is 11.7. The van der Waals surface area contributed by atoms with Gasteiger partial charge < -0.3 is 9.73 Å². The number of thiophene rings is 1. The lowest BCUT2D eigenvalue weighted by Gasteiger charge is -1.99. The molecule has 0 aliphatic carbocycles. The monoisotopic (exact) mass is 337 g/mol. The smallest absolute Gasteiger partial charge is 0.244 e. The summed E-state index contributed by atoms with van der Waals surface area (Å²) in [6.07, 6.45) is 4.57. The topological polar surface area (TPSA) is 59.3 Å². The summed E-state index contributed by atoms with van der Waals surface area (Å²) in [5, 5.41) is 2.79. The van der Waals surface area contributed by atoms with Gasteiger partial charge in [-0.3, -0.25) is 9.59 Å². The van der Waals surface area contributed by atoms with E-state index in [0.29, 0.717) is 22.7 Å². The lowest BCUT2D eigenvalue weighted by molar-refractivity contribution is -0.116. The molecule has 24 heavy (non-hydrogen) atoms. The number of rotatable bonds is 6. The van der Waals surface area contributed by atoms with Gasteiger partial charge in [-0.2, -0.15) is 0 Å². The first kappa shape index (κ1) is 16.0. The van der Waals surface area contributed by atoms with Gasteiger partial charge in [0.15, 0.2) is 0 Å². The molecule has 0 saturated carbocycles. The van der Waals surface area contributed by atoms with Gasteiger partial charge in [0.25, 0.3) is 0 Å². The molecule has 0 aliphatic heterocycles. The number of hydrogen-bond donors (Lipinski definition) is 1. The largest absolute Gasteiger partial charge is 0.465 e. The Hall–Kier alpha value is -2.92. The first-order valence-electron chi connectivity index (χ1n) is 7.40. The highest BCUT2D eigenvalue weighted by molar-refractivity contribution is 7.14. The van der Waals surface area contributed by atoms with E-state index < -0.39 is 0 Å². The molecule has 2 heterocycles. The number of carbonyl (C=O) groups is 2. The summed E-state index contributed by atoms with van der Waals surface area (Å²) in [6, 6.07) is 16.3. The van der Waals surface area contributed by atoms with Crippen molar-refractivity contribution in [3.05, 3.63) is 88.0 Å². The summed E-state index contributed by atoms with van der Waals surface area (Å²) in [6.45, 7) is 0.383. The van der Waals surface area contributed by atoms with Crippen LogP contribution in [0.1, 0.15) is 25.9 Å². The number of benzene rings is 1. The fourth-order valence-corrected chi connectivity index (χ4v) is 3.01. The Kier molecular flexibility index (Phi) is 5.03. The summed E-state index contributed by atoms with van der Waals surface area (Å²) >= 11 is 1.39. The van der Waals surface area contributed by atoms with Crippen molar-refractivity contribution in [2.24, 2.45) is 0 Å². The van der Waals surface area contributed by atoms with Crippen LogP contribution in [-0.4, -0.2) is 11.7 Å². The minimum Gasteiger partial charge on any atom is -0.465 e. The Morgan fingerprint density at radius 3 is 2.62 bits per heavy atom. The summed E-state index contributed by atoms with van der Waals surface area (Å²) < 4.78 is 5.12. The van der Waals surface area contributed by atoms with Crippen LogP contribution in [0.4, 0.5) is 0 Å². The van der Waals surface area contributed by atoms with Crippen LogP contribution >= 0.6 is 11.3 Å². The Morgan fingerprint density at radius 1 is 1.04 bits per heavy atom. The Morgan fingerprint density at radius 2 is 1.88 bits per heavy atom. The van der Waals surface area contributed by atoms with Crippen LogP contribution in [0.3, 0.4) is 0 Å². The third-order valence-corrected chi connectivity index (χ3v) is 4.38. The summed E-state index contributed by atoms with van der Waals surface area (Å²) in [5.74, 6) is 0.406. The van der Waals surface area contributed by atoms with Gasteiger partial charge in [0.05, 0.1) is 17.7 Å². The van der Waals surface area contributed by atoms with Gasteiger partial charge in [0, 0.05) is 16.5 Å². The lowest BCUT2D eigenvalue weighted by Crippen LogP contribution is -2.19. The van der Waals surface area contributed by atoms with Gasteiger partial charge in [-0.25, -0.2) is 0 Å². The maximum Gasteiger partial charge on any atom is 0.244 e. The van der Waals surface area contributed by atoms with E-state index in [1.54, 1.807) is 42.7 Å². The van der Waals surface area contributed by atoms with Crippen molar-refractivity contribution >= 4 is 29.1 Å². The highest BCUT2D eigenvalue weighted by Crippen LogP contribution is 2.20. The molecule has 0 spiro atoms. The van der Waals surface area contributed by atoms with Gasteiger partial charge in [0.1, 0.15) is 5.76 Å². The molecule has 0 unspecified atom stereocenters. The van der Waals surface area contributed by atoms with E-state index in [9.17, 15) is 9.59 Å². The molecular weight excluding hydrogens is 322 g/mol. The predicted molar refractivity (Wildman–Crippen MR) is 93.8 cm³/mol. The van der Waals surface area contributed by atoms with E-state index >= 15 is 0 Å². The van der Waals surface area contributed by atoms with Crippen LogP contribution < -0.4 is 5.32 Å². The highest BCUT2D eigenvalue weighted by atomic mass is 32.1. The van der Waals surface area contributed by atoms with Crippen molar-refractivity contribution < 1.29 is 14.0 Å². The molecule has 0 bridgehead atoms. The fourth-order valence-electron chi connectivity index (χ4n) is 2.10. The third kappa shape index (κ3) is 4.08. The van der Waals surface area contributed by atoms with Crippen molar-refractivity contribution in [2.75, 3.05) is 0 Å². The van der Waals surface area contributed by atoms with Crippen molar-refractivity contribution in [3.8, 4) is 0 Å². The van der Waals surface area contributed by atoms with Crippen LogP contribution in [0.2, 0.25) is 0 Å². The number of carbonyl (C=O) groups excluding carboxylic acids is 2. The van der Waals surface area contributed by atoms with Crippen molar-refractivity contribution in [1.82, 2.24) is 5.32 Å². The maximum atomic E-state index is 12.3. The normalized spacial score (nSPS) is 10.8. The van der Waals surface area contributed by atoms with Gasteiger partial charge in [0.2, 0.25) is 11.7 Å². The molecular formula is C19H15NO3S. The van der Waals surface area contributed by atoms with E-state index in [0.717, 1.165) is 4.88 Å². The second kappa shape index (κ2) is 7.57. The van der Waals surface area contributed by atoms with E-state index in [4.69, 9.17) is 4.42 Å². The molecule has 0 atom stereocenters. The Labute approximate surface area is 143 Å². The molecule has 1 aromatic carbocycles. The van der Waals surface area contributed by atoms with Crippen molar-refractivity contribution in [2.45, 2.75) is 6.54 Å². The van der Waals surface area contributed by atoms with E-state index in [-0.39, 0.29) is 11.7 Å². The zero-order chi connectivity index (χ0) is 16.8. The lowest BCUT2D eigenvalue weighted by atomic mass is 10.1. The molecule has 4 nitrogen and oxygen atoms in total. The van der Waals surface area contributed by atoms with Crippen LogP contribution in [0.15, 0.2) is 71.4 Å². The van der Waals surface area contributed by atoms with Crippen molar-refractivity contribution in [3.63, 3.8) is 0 Å². The van der Waals surface area contributed by atoms with Crippen LogP contribution in [-0.2, 0) is 11.3 Å². The molecule has 120 valence electrons. The maximum absolute atomic E-state index is 12.3. The number of ketones is 1. The molecule has 0 saturated heterocycles. The third-order valence-electron chi connectivity index (χ3n) is 3.30. The SMILES string of the molecule is O=C(/C=C/c1ccco1)NCc1ccc(C(=O)c2ccccc2)s1. The summed E-state index contributed by atoms with van der Waals surface area (Å²) in [5.41, 5.74) is 0.663. The second-order valence-corrected chi connectivity index (χ2v) is 6.20. The van der Waals surface area contributed by atoms with E-state index in [2.05, 4.69) is 5.32 Å². The Bertz CT molecular complexity index is 848. The number of furan rings is 1. The van der Waals surface area contributed by atoms with Gasteiger partial charge >= 0.3 is 0 Å². The van der Waals surface area contributed by atoms with Gasteiger partial charge in [-0.1, -0.05) is 30.3 Å². The van der Waals surface area contributed by atoms with Crippen molar-refractivity contribution in [1.29, 1.82) is 0 Å². The zero-order valence-electron chi connectivity index (χ0n) is 12.8. The minimum absolute atomic E-state index is 0.00380. The second-order valence-electron chi connectivity index (χ2n) is 5.03. The molecule has 2 aromatic heterocycles. The molecule has 5 heteroatoms. The van der Waals surface area contributed by atoms with E-state index in [1.807, 2.05) is 24.3 Å². The number of hydrogen-bond acceptors (Lipinski definition) is 4. The molecule has 3 rings (SSSR count). The minimum atomic E-state index is -0.212.